The second-order valence-electron chi connectivity index (χ2n) is 7.61. The summed E-state index contributed by atoms with van der Waals surface area (Å²) < 4.78 is 8.48. The van der Waals surface area contributed by atoms with Crippen molar-refractivity contribution in [1.82, 2.24) is 4.98 Å². The van der Waals surface area contributed by atoms with Crippen LogP contribution in [0.15, 0.2) is 40.9 Å². The minimum Gasteiger partial charge on any atom is -0.437 e. The molecular weight excluding hydrogens is 320 g/mol. The van der Waals surface area contributed by atoms with E-state index in [4.69, 9.17) is 4.42 Å². The molecule has 4 aromatic rings. The summed E-state index contributed by atoms with van der Waals surface area (Å²) in [6.07, 6.45) is 2.14. The van der Waals surface area contributed by atoms with Crippen LogP contribution >= 0.6 is 0 Å². The number of nitrogens with zero attached hydrogens (tertiary/aromatic N) is 2. The number of benzene rings is 1. The highest BCUT2D eigenvalue weighted by Crippen LogP contribution is 2.38. The normalized spacial score (nSPS) is 11.8. The number of aromatic nitrogens is 2. The van der Waals surface area contributed by atoms with E-state index < -0.39 is 0 Å². The molecule has 0 aliphatic carbocycles. The van der Waals surface area contributed by atoms with E-state index in [1.54, 1.807) is 0 Å². The Morgan fingerprint density at radius 3 is 2.50 bits per heavy atom. The first-order chi connectivity index (χ1) is 12.4. The lowest BCUT2D eigenvalue weighted by molar-refractivity contribution is -0.660. The summed E-state index contributed by atoms with van der Waals surface area (Å²) in [6, 6.07) is 10.9. The van der Waals surface area contributed by atoms with E-state index in [1.165, 1.54) is 22.4 Å². The van der Waals surface area contributed by atoms with Crippen LogP contribution in [0.5, 0.6) is 0 Å². The highest BCUT2D eigenvalue weighted by molar-refractivity contribution is 6.10. The smallest absolute Gasteiger partial charge is 0.227 e. The summed E-state index contributed by atoms with van der Waals surface area (Å²) in [6.45, 7) is 10.7. The average molecular weight is 345 g/mol. The van der Waals surface area contributed by atoms with Gasteiger partial charge in [0.15, 0.2) is 11.8 Å². The van der Waals surface area contributed by atoms with Crippen molar-refractivity contribution < 1.29 is 8.98 Å². The van der Waals surface area contributed by atoms with Crippen molar-refractivity contribution in [3.63, 3.8) is 0 Å². The highest BCUT2D eigenvalue weighted by Gasteiger charge is 2.22. The molecule has 0 atom stereocenters. The lowest BCUT2D eigenvalue weighted by Gasteiger charge is -2.09. The van der Waals surface area contributed by atoms with Crippen LogP contribution in [0.2, 0.25) is 0 Å². The van der Waals surface area contributed by atoms with E-state index in [0.717, 1.165) is 33.3 Å². The molecule has 26 heavy (non-hydrogen) atoms. The molecular formula is C23H25N2O+. The summed E-state index contributed by atoms with van der Waals surface area (Å²) in [5.41, 5.74) is 8.72. The maximum Gasteiger partial charge on any atom is 0.227 e. The Labute approximate surface area is 154 Å². The fourth-order valence-corrected chi connectivity index (χ4v) is 3.80. The van der Waals surface area contributed by atoms with Gasteiger partial charge in [0.05, 0.1) is 10.9 Å². The molecule has 0 N–H and O–H groups in total. The van der Waals surface area contributed by atoms with Crippen LogP contribution in [-0.2, 0) is 7.05 Å². The van der Waals surface area contributed by atoms with Crippen LogP contribution in [0.3, 0.4) is 0 Å². The highest BCUT2D eigenvalue weighted by atomic mass is 16.3. The molecule has 0 spiro atoms. The summed E-state index contributed by atoms with van der Waals surface area (Å²) >= 11 is 0. The molecule has 1 aromatic carbocycles. The number of furan rings is 1. The molecule has 0 amide bonds. The second kappa shape index (κ2) is 5.94. The fraction of sp³-hybridized carbons (Fsp3) is 0.304. The van der Waals surface area contributed by atoms with Gasteiger partial charge in [0.2, 0.25) is 11.4 Å². The zero-order valence-electron chi connectivity index (χ0n) is 16.3. The Morgan fingerprint density at radius 2 is 1.77 bits per heavy atom. The van der Waals surface area contributed by atoms with Gasteiger partial charge in [0, 0.05) is 23.2 Å². The monoisotopic (exact) mass is 345 g/mol. The van der Waals surface area contributed by atoms with Crippen molar-refractivity contribution in [2.24, 2.45) is 7.05 Å². The predicted molar refractivity (Wildman–Crippen MR) is 106 cm³/mol. The molecule has 0 radical (unpaired) electrons. The van der Waals surface area contributed by atoms with Crippen molar-refractivity contribution >= 4 is 22.1 Å². The van der Waals surface area contributed by atoms with Gasteiger partial charge in [-0.05, 0) is 49.4 Å². The quantitative estimate of drug-likeness (QED) is 0.448. The Morgan fingerprint density at radius 1 is 1.00 bits per heavy atom. The van der Waals surface area contributed by atoms with Crippen molar-refractivity contribution in [2.75, 3.05) is 0 Å². The maximum absolute atomic E-state index is 6.31. The Balaban J connectivity index is 2.12. The van der Waals surface area contributed by atoms with Crippen LogP contribution in [0.25, 0.3) is 33.3 Å². The molecule has 0 fully saturated rings. The molecule has 3 nitrogen and oxygen atoms in total. The van der Waals surface area contributed by atoms with Crippen molar-refractivity contribution in [3.05, 3.63) is 58.9 Å². The molecule has 3 heterocycles. The van der Waals surface area contributed by atoms with Crippen LogP contribution in [0.4, 0.5) is 0 Å². The zero-order valence-corrected chi connectivity index (χ0v) is 16.3. The predicted octanol–water partition coefficient (Wildman–Crippen LogP) is 5.52. The van der Waals surface area contributed by atoms with Gasteiger partial charge in [-0.25, -0.2) is 9.55 Å². The number of aryl methyl sites for hydroxylation is 4. The second-order valence-corrected chi connectivity index (χ2v) is 7.61. The first-order valence-corrected chi connectivity index (χ1v) is 9.17. The number of hydrogen-bond donors (Lipinski definition) is 0. The molecule has 4 rings (SSSR count). The van der Waals surface area contributed by atoms with Crippen molar-refractivity contribution in [1.29, 1.82) is 0 Å². The van der Waals surface area contributed by atoms with E-state index in [-0.39, 0.29) is 0 Å². The molecule has 0 saturated heterocycles. The van der Waals surface area contributed by atoms with Gasteiger partial charge in [0.1, 0.15) is 7.05 Å². The summed E-state index contributed by atoms with van der Waals surface area (Å²) in [4.78, 5) is 4.63. The molecule has 3 heteroatoms. The number of fused-ring (bicyclic) bond motifs is 3. The van der Waals surface area contributed by atoms with Crippen LogP contribution < -0.4 is 4.57 Å². The van der Waals surface area contributed by atoms with Crippen LogP contribution in [0.1, 0.15) is 42.1 Å². The van der Waals surface area contributed by atoms with E-state index in [9.17, 15) is 0 Å². The topological polar surface area (TPSA) is 29.9 Å². The number of pyridine rings is 2. The SMILES string of the molecule is Cc1cc(C)c2c(n1)oc1c(-c3cc(C(C)C)cc[n+]3C)c(C)ccc12. The average Bonchev–Trinajstić information content (AvgIpc) is 2.93. The van der Waals surface area contributed by atoms with Gasteiger partial charge in [0.25, 0.3) is 0 Å². The number of hydrogen-bond acceptors (Lipinski definition) is 2. The summed E-state index contributed by atoms with van der Waals surface area (Å²) in [5.74, 6) is 0.483. The lowest BCUT2D eigenvalue weighted by atomic mass is 9.97. The van der Waals surface area contributed by atoms with E-state index in [2.05, 4.69) is 80.8 Å². The Bertz CT molecular complexity index is 1150. The van der Waals surface area contributed by atoms with E-state index in [1.807, 2.05) is 6.92 Å². The van der Waals surface area contributed by atoms with Gasteiger partial charge < -0.3 is 4.42 Å². The van der Waals surface area contributed by atoms with Gasteiger partial charge in [-0.15, -0.1) is 0 Å². The molecule has 3 aromatic heterocycles. The van der Waals surface area contributed by atoms with Crippen LogP contribution in [0, 0.1) is 20.8 Å². The van der Waals surface area contributed by atoms with Gasteiger partial charge >= 0.3 is 0 Å². The zero-order chi connectivity index (χ0) is 18.6. The molecule has 0 saturated carbocycles. The molecule has 132 valence electrons. The third-order valence-corrected chi connectivity index (χ3v) is 5.24. The largest absolute Gasteiger partial charge is 0.437 e. The number of rotatable bonds is 2. The summed E-state index contributed by atoms with van der Waals surface area (Å²) in [5, 5.41) is 2.26. The van der Waals surface area contributed by atoms with E-state index >= 15 is 0 Å². The first kappa shape index (κ1) is 16.8. The molecule has 0 aliphatic heterocycles. The van der Waals surface area contributed by atoms with Gasteiger partial charge in [-0.1, -0.05) is 26.0 Å². The molecule has 0 aliphatic rings. The lowest BCUT2D eigenvalue weighted by Crippen LogP contribution is -2.31. The maximum atomic E-state index is 6.31. The van der Waals surface area contributed by atoms with E-state index in [0.29, 0.717) is 5.92 Å². The van der Waals surface area contributed by atoms with Gasteiger partial charge in [-0.2, -0.15) is 0 Å². The minimum absolute atomic E-state index is 0.483. The van der Waals surface area contributed by atoms with Gasteiger partial charge in [-0.3, -0.25) is 0 Å². The molecule has 0 bridgehead atoms. The minimum atomic E-state index is 0.483. The van der Waals surface area contributed by atoms with Crippen molar-refractivity contribution in [3.8, 4) is 11.3 Å². The fourth-order valence-electron chi connectivity index (χ4n) is 3.80. The third kappa shape index (κ3) is 2.50. The molecule has 0 unspecified atom stereocenters. The standard InChI is InChI=1S/C23H25N2O/c1-13(2)17-9-10-25(6)19(12-17)21-14(3)7-8-18-20-15(4)11-16(5)24-23(20)26-22(18)21/h7-13H,1-6H3/q+1. The third-order valence-electron chi connectivity index (χ3n) is 5.24. The van der Waals surface area contributed by atoms with Crippen molar-refractivity contribution in [2.45, 2.75) is 40.5 Å². The first-order valence-electron chi connectivity index (χ1n) is 9.17. The Kier molecular flexibility index (Phi) is 3.83. The Hall–Kier alpha value is -2.68. The van der Waals surface area contributed by atoms with Crippen LogP contribution in [-0.4, -0.2) is 4.98 Å². The summed E-state index contributed by atoms with van der Waals surface area (Å²) in [7, 11) is 2.09.